The van der Waals surface area contributed by atoms with E-state index in [1.165, 1.54) is 18.2 Å². The lowest BCUT2D eigenvalue weighted by molar-refractivity contribution is 0.600. The average molecular weight is 334 g/mol. The van der Waals surface area contributed by atoms with Crippen molar-refractivity contribution in [3.8, 4) is 0 Å². The Kier molecular flexibility index (Phi) is 4.29. The molecule has 1 aromatic carbocycles. The second-order valence-corrected chi connectivity index (χ2v) is 6.21. The lowest BCUT2D eigenvalue weighted by atomic mass is 10.3. The third kappa shape index (κ3) is 3.48. The number of aromatic nitrogens is 2. The van der Waals surface area contributed by atoms with E-state index in [2.05, 4.69) is 20.1 Å². The molecule has 0 spiro atoms. The second-order valence-electron chi connectivity index (χ2n) is 3.65. The number of nitrogens with two attached hydrogens (primary N) is 1. The topological polar surface area (TPSA) is 110 Å². The number of nitrogens with one attached hydrogen (secondary N) is 2. The SMILES string of the molecule is NNc1ncc(S(=O)(=O)Nc2cc(Cl)cc(Cl)c2)cn1. The van der Waals surface area contributed by atoms with Crippen molar-refractivity contribution in [3.63, 3.8) is 0 Å². The monoisotopic (exact) mass is 333 g/mol. The number of sulfonamides is 1. The van der Waals surface area contributed by atoms with Gasteiger partial charge in [0.25, 0.3) is 10.0 Å². The molecular formula is C10H9Cl2N5O2S. The Balaban J connectivity index is 2.30. The predicted molar refractivity (Wildman–Crippen MR) is 77.1 cm³/mol. The van der Waals surface area contributed by atoms with Crippen LogP contribution in [0.5, 0.6) is 0 Å². The maximum Gasteiger partial charge on any atom is 0.264 e. The molecule has 0 unspecified atom stereocenters. The molecule has 1 heterocycles. The van der Waals surface area contributed by atoms with Crippen molar-refractivity contribution in [2.24, 2.45) is 5.84 Å². The van der Waals surface area contributed by atoms with Gasteiger partial charge in [0, 0.05) is 10.0 Å². The number of hydrogen-bond donors (Lipinski definition) is 3. The summed E-state index contributed by atoms with van der Waals surface area (Å²) in [4.78, 5) is 7.33. The molecule has 0 aliphatic heterocycles. The Labute approximate surface area is 125 Å². The molecule has 10 heteroatoms. The van der Waals surface area contributed by atoms with Crippen molar-refractivity contribution in [2.75, 3.05) is 10.1 Å². The third-order valence-corrected chi connectivity index (χ3v) is 3.95. The molecule has 0 amide bonds. The van der Waals surface area contributed by atoms with Crippen LogP contribution in [0.1, 0.15) is 0 Å². The molecule has 0 atom stereocenters. The Morgan fingerprint density at radius 2 is 1.60 bits per heavy atom. The van der Waals surface area contributed by atoms with Crippen molar-refractivity contribution in [3.05, 3.63) is 40.6 Å². The van der Waals surface area contributed by atoms with Gasteiger partial charge in [-0.25, -0.2) is 24.2 Å². The first-order valence-corrected chi connectivity index (χ1v) is 7.42. The number of nitrogen functional groups attached to an aromatic ring is 1. The Morgan fingerprint density at radius 1 is 1.05 bits per heavy atom. The van der Waals surface area contributed by atoms with Gasteiger partial charge in [-0.3, -0.25) is 10.1 Å². The number of hydrogen-bond acceptors (Lipinski definition) is 6. The Morgan fingerprint density at radius 3 is 2.10 bits per heavy atom. The molecule has 0 radical (unpaired) electrons. The number of rotatable bonds is 4. The van der Waals surface area contributed by atoms with E-state index in [1.807, 2.05) is 0 Å². The van der Waals surface area contributed by atoms with Crippen LogP contribution in [0.4, 0.5) is 11.6 Å². The Bertz CT molecular complexity index is 701. The zero-order chi connectivity index (χ0) is 14.8. The second kappa shape index (κ2) is 5.80. The minimum Gasteiger partial charge on any atom is -0.292 e. The smallest absolute Gasteiger partial charge is 0.264 e. The highest BCUT2D eigenvalue weighted by Gasteiger charge is 2.16. The zero-order valence-corrected chi connectivity index (χ0v) is 12.2. The van der Waals surface area contributed by atoms with Crippen molar-refractivity contribution < 1.29 is 8.42 Å². The van der Waals surface area contributed by atoms with Gasteiger partial charge in [0.1, 0.15) is 4.90 Å². The maximum absolute atomic E-state index is 12.1. The summed E-state index contributed by atoms with van der Waals surface area (Å²) >= 11 is 11.6. The molecule has 0 aliphatic rings. The van der Waals surface area contributed by atoms with Crippen molar-refractivity contribution in [1.82, 2.24) is 9.97 Å². The zero-order valence-electron chi connectivity index (χ0n) is 9.84. The molecule has 2 aromatic rings. The van der Waals surface area contributed by atoms with Gasteiger partial charge >= 0.3 is 0 Å². The van der Waals surface area contributed by atoms with Crippen molar-refractivity contribution in [1.29, 1.82) is 0 Å². The molecule has 1 aromatic heterocycles. The molecule has 20 heavy (non-hydrogen) atoms. The Hall–Kier alpha value is -1.61. The van der Waals surface area contributed by atoms with E-state index in [9.17, 15) is 8.42 Å². The van der Waals surface area contributed by atoms with Crippen molar-refractivity contribution >= 4 is 44.9 Å². The van der Waals surface area contributed by atoms with E-state index in [1.54, 1.807) is 0 Å². The molecular weight excluding hydrogens is 325 g/mol. The fourth-order valence-corrected chi connectivity index (χ4v) is 2.81. The van der Waals surface area contributed by atoms with Gasteiger partial charge < -0.3 is 0 Å². The van der Waals surface area contributed by atoms with E-state index in [0.29, 0.717) is 10.0 Å². The average Bonchev–Trinajstić information content (AvgIpc) is 2.37. The van der Waals surface area contributed by atoms with Gasteiger partial charge in [0.15, 0.2) is 0 Å². The van der Waals surface area contributed by atoms with E-state index >= 15 is 0 Å². The minimum atomic E-state index is -3.83. The quantitative estimate of drug-likeness (QED) is 0.582. The normalized spacial score (nSPS) is 11.2. The summed E-state index contributed by atoms with van der Waals surface area (Å²) in [7, 11) is -3.83. The molecule has 106 valence electrons. The highest BCUT2D eigenvalue weighted by Crippen LogP contribution is 2.24. The summed E-state index contributed by atoms with van der Waals surface area (Å²) in [6.45, 7) is 0. The number of halogens is 2. The molecule has 0 saturated heterocycles. The van der Waals surface area contributed by atoms with Crippen LogP contribution in [0.3, 0.4) is 0 Å². The van der Waals surface area contributed by atoms with Crippen LogP contribution in [0.15, 0.2) is 35.5 Å². The summed E-state index contributed by atoms with van der Waals surface area (Å²) in [6, 6.07) is 4.36. The fourth-order valence-electron chi connectivity index (χ4n) is 1.36. The lowest BCUT2D eigenvalue weighted by Crippen LogP contribution is -2.15. The number of hydrazine groups is 1. The van der Waals surface area contributed by atoms with Crippen LogP contribution in [0, 0.1) is 0 Å². The third-order valence-electron chi connectivity index (χ3n) is 2.18. The van der Waals surface area contributed by atoms with Crippen LogP contribution in [0.25, 0.3) is 0 Å². The highest BCUT2D eigenvalue weighted by atomic mass is 35.5. The molecule has 7 nitrogen and oxygen atoms in total. The molecule has 0 aliphatic carbocycles. The van der Waals surface area contributed by atoms with Crippen LogP contribution in [0.2, 0.25) is 10.0 Å². The molecule has 0 bridgehead atoms. The summed E-state index contributed by atoms with van der Waals surface area (Å²) < 4.78 is 26.5. The first kappa shape index (κ1) is 14.8. The standard InChI is InChI=1S/C10H9Cl2N5O2S/c11-6-1-7(12)3-8(2-6)17-20(18,19)9-4-14-10(16-13)15-5-9/h1-5,17H,13H2,(H,14,15,16). The van der Waals surface area contributed by atoms with Crippen molar-refractivity contribution in [2.45, 2.75) is 4.90 Å². The highest BCUT2D eigenvalue weighted by molar-refractivity contribution is 7.92. The van der Waals surface area contributed by atoms with Gasteiger partial charge in [-0.05, 0) is 18.2 Å². The van der Waals surface area contributed by atoms with E-state index in [4.69, 9.17) is 29.0 Å². The fraction of sp³-hybridized carbons (Fsp3) is 0. The number of benzene rings is 1. The predicted octanol–water partition coefficient (Wildman–Crippen LogP) is 1.87. The van der Waals surface area contributed by atoms with Gasteiger partial charge in [0.05, 0.1) is 18.1 Å². The van der Waals surface area contributed by atoms with E-state index in [-0.39, 0.29) is 16.5 Å². The summed E-state index contributed by atoms with van der Waals surface area (Å²) in [5.41, 5.74) is 2.44. The summed E-state index contributed by atoms with van der Waals surface area (Å²) in [5, 5.41) is 0.628. The molecule has 0 saturated carbocycles. The molecule has 4 N–H and O–H groups in total. The largest absolute Gasteiger partial charge is 0.292 e. The minimum absolute atomic E-state index is 0.106. The van der Waals surface area contributed by atoms with E-state index in [0.717, 1.165) is 12.4 Å². The first-order chi connectivity index (χ1) is 9.40. The summed E-state index contributed by atoms with van der Waals surface area (Å²) in [5.74, 6) is 5.20. The molecule has 2 rings (SSSR count). The van der Waals surface area contributed by atoms with Crippen LogP contribution < -0.4 is 16.0 Å². The summed E-state index contributed by atoms with van der Waals surface area (Å²) in [6.07, 6.45) is 2.24. The van der Waals surface area contributed by atoms with Gasteiger partial charge in [0.2, 0.25) is 5.95 Å². The molecule has 0 fully saturated rings. The maximum atomic E-state index is 12.1. The van der Waals surface area contributed by atoms with Gasteiger partial charge in [-0.15, -0.1) is 0 Å². The van der Waals surface area contributed by atoms with E-state index < -0.39 is 10.0 Å². The van der Waals surface area contributed by atoms with Gasteiger partial charge in [-0.2, -0.15) is 0 Å². The number of anilines is 2. The first-order valence-electron chi connectivity index (χ1n) is 5.18. The van der Waals surface area contributed by atoms with Crippen LogP contribution >= 0.6 is 23.2 Å². The lowest BCUT2D eigenvalue weighted by Gasteiger charge is -2.08. The van der Waals surface area contributed by atoms with Crippen LogP contribution in [-0.4, -0.2) is 18.4 Å². The van der Waals surface area contributed by atoms with Crippen LogP contribution in [-0.2, 0) is 10.0 Å². The number of nitrogens with zero attached hydrogens (tertiary/aromatic N) is 2. The van der Waals surface area contributed by atoms with Gasteiger partial charge in [-0.1, -0.05) is 23.2 Å².